The summed E-state index contributed by atoms with van der Waals surface area (Å²) in [5.41, 5.74) is 5.30. The maximum atomic E-state index is 9.87. The van der Waals surface area contributed by atoms with Crippen LogP contribution in [-0.4, -0.2) is 0 Å². The summed E-state index contributed by atoms with van der Waals surface area (Å²) in [7, 11) is -10.7. The van der Waals surface area contributed by atoms with Crippen LogP contribution in [0.5, 0.6) is 0 Å². The van der Waals surface area contributed by atoms with Gasteiger partial charge in [0.1, 0.15) is 0 Å². The standard InChI is InChI=1S/C4H5NS.F6P/c5-4-2-1-3-6-4;1-7(2,3,4,5)6/h1-3H,5H2;/q;-1/p+1. The molecular formula is C4H6F6NPS. The molecule has 1 nitrogen and oxygen atoms in total. The molecule has 0 bridgehead atoms. The maximum absolute atomic E-state index is 10.7. The van der Waals surface area contributed by atoms with Gasteiger partial charge in [0.05, 0.1) is 5.00 Å². The normalized spacial score (nSPS) is 16.5. The Labute approximate surface area is 74.9 Å². The second-order valence-electron chi connectivity index (χ2n) is 1.97. The maximum Gasteiger partial charge on any atom is 1.00 e. The molecule has 0 saturated heterocycles. The molecule has 13 heavy (non-hydrogen) atoms. The summed E-state index contributed by atoms with van der Waals surface area (Å²) in [4.78, 5) is 0. The van der Waals surface area contributed by atoms with Crippen molar-refractivity contribution in [2.75, 3.05) is 5.73 Å². The van der Waals surface area contributed by atoms with Gasteiger partial charge >= 0.3 is 34.4 Å². The largest absolute Gasteiger partial charge is 1.00 e. The molecule has 0 aliphatic carbocycles. The Bertz CT molecular complexity index is 254. The van der Waals surface area contributed by atoms with Crippen molar-refractivity contribution in [3.05, 3.63) is 17.5 Å². The summed E-state index contributed by atoms with van der Waals surface area (Å²) in [5.74, 6) is 0. The summed E-state index contributed by atoms with van der Waals surface area (Å²) in [6, 6.07) is 3.81. The first kappa shape index (κ1) is 12.5. The molecule has 1 heterocycles. The molecular weight excluding hydrogens is 239 g/mol. The van der Waals surface area contributed by atoms with Gasteiger partial charge in [-0.05, 0) is 17.5 Å². The first-order chi connectivity index (χ1) is 5.34. The topological polar surface area (TPSA) is 26.0 Å². The zero-order chi connectivity index (χ0) is 10.8. The van der Waals surface area contributed by atoms with E-state index < -0.39 is 7.81 Å². The Morgan fingerprint density at radius 1 is 1.15 bits per heavy atom. The first-order valence-electron chi connectivity index (χ1n) is 2.70. The van der Waals surface area contributed by atoms with Crippen molar-refractivity contribution in [2.24, 2.45) is 0 Å². The Morgan fingerprint density at radius 2 is 1.54 bits per heavy atom. The quantitative estimate of drug-likeness (QED) is 0.514. The van der Waals surface area contributed by atoms with Crippen LogP contribution >= 0.6 is 19.1 Å². The fraction of sp³-hybridized carbons (Fsp3) is 0. The van der Waals surface area contributed by atoms with Gasteiger partial charge in [-0.25, -0.2) is 0 Å². The van der Waals surface area contributed by atoms with Gasteiger partial charge < -0.3 is 5.73 Å². The number of hydrogen-bond donors (Lipinski definition) is 1. The van der Waals surface area contributed by atoms with Gasteiger partial charge in [-0.15, -0.1) is 11.3 Å². The van der Waals surface area contributed by atoms with Crippen molar-refractivity contribution < 1.29 is 26.6 Å². The molecule has 9 heteroatoms. The number of thiophene rings is 1. The number of nitrogens with two attached hydrogens (primary N) is 1. The van der Waals surface area contributed by atoms with Gasteiger partial charge in [0.15, 0.2) is 0 Å². The van der Waals surface area contributed by atoms with E-state index in [2.05, 4.69) is 0 Å². The predicted octanol–water partition coefficient (Wildman–Crippen LogP) is 4.83. The van der Waals surface area contributed by atoms with E-state index in [1.807, 2.05) is 17.5 Å². The van der Waals surface area contributed by atoms with Crippen LogP contribution in [0.15, 0.2) is 17.5 Å². The van der Waals surface area contributed by atoms with E-state index >= 15 is 0 Å². The van der Waals surface area contributed by atoms with Gasteiger partial charge in [0, 0.05) is 0 Å². The van der Waals surface area contributed by atoms with E-state index in [0.29, 0.717) is 0 Å². The predicted molar refractivity (Wildman–Crippen MR) is 43.4 cm³/mol. The third-order valence-corrected chi connectivity index (χ3v) is 1.24. The smallest absolute Gasteiger partial charge is 0.391 e. The van der Waals surface area contributed by atoms with Crippen LogP contribution in [0.3, 0.4) is 0 Å². The van der Waals surface area contributed by atoms with Crippen LogP contribution in [0.25, 0.3) is 0 Å². The number of rotatable bonds is 0. The van der Waals surface area contributed by atoms with E-state index in [1.54, 1.807) is 11.3 Å². The molecule has 0 saturated carbocycles. The summed E-state index contributed by atoms with van der Waals surface area (Å²) >= 11 is 1.56. The van der Waals surface area contributed by atoms with Crippen LogP contribution in [0.4, 0.5) is 30.2 Å². The second-order valence-corrected chi connectivity index (χ2v) is 4.87. The molecule has 0 radical (unpaired) electrons. The SMILES string of the molecule is F[P-](F)(F)(F)(F)F.Nc1cccs1.[H+]. The molecule has 2 N–H and O–H groups in total. The zero-order valence-corrected chi connectivity index (χ0v) is 7.64. The minimum Gasteiger partial charge on any atom is -0.391 e. The van der Waals surface area contributed by atoms with Crippen LogP contribution in [-0.2, 0) is 0 Å². The number of nitrogen functional groups attached to an aromatic ring is 1. The minimum atomic E-state index is -10.7. The van der Waals surface area contributed by atoms with Crippen LogP contribution in [0.1, 0.15) is 1.43 Å². The molecule has 0 amide bonds. The fourth-order valence-corrected chi connectivity index (χ4v) is 0.763. The van der Waals surface area contributed by atoms with Crippen LogP contribution < -0.4 is 5.73 Å². The van der Waals surface area contributed by atoms with Gasteiger partial charge in [0.2, 0.25) is 0 Å². The molecule has 0 unspecified atom stereocenters. The molecule has 1 rings (SSSR count). The minimum absolute atomic E-state index is 0. The summed E-state index contributed by atoms with van der Waals surface area (Å²) < 4.78 is 59.2. The van der Waals surface area contributed by atoms with Gasteiger partial charge in [-0.2, -0.15) is 0 Å². The van der Waals surface area contributed by atoms with Gasteiger partial charge in [-0.3, -0.25) is 0 Å². The van der Waals surface area contributed by atoms with Crippen molar-refractivity contribution in [2.45, 2.75) is 0 Å². The van der Waals surface area contributed by atoms with Crippen molar-refractivity contribution in [3.8, 4) is 0 Å². The average molecular weight is 245 g/mol. The van der Waals surface area contributed by atoms with E-state index in [-0.39, 0.29) is 1.43 Å². The number of halogens is 6. The molecule has 80 valence electrons. The first-order valence-corrected chi connectivity index (χ1v) is 5.61. The van der Waals surface area contributed by atoms with E-state index in [4.69, 9.17) is 5.73 Å². The molecule has 0 aliphatic heterocycles. The van der Waals surface area contributed by atoms with Crippen molar-refractivity contribution >= 4 is 24.1 Å². The van der Waals surface area contributed by atoms with Gasteiger partial charge in [-0.1, -0.05) is 0 Å². The monoisotopic (exact) mass is 245 g/mol. The number of hydrogen-bond acceptors (Lipinski definition) is 2. The molecule has 1 aromatic heterocycles. The van der Waals surface area contributed by atoms with Crippen molar-refractivity contribution in [1.29, 1.82) is 0 Å². The molecule has 1 aromatic rings. The summed E-state index contributed by atoms with van der Waals surface area (Å²) in [6.45, 7) is 0. The number of anilines is 1. The second kappa shape index (κ2) is 2.75. The zero-order valence-electron chi connectivity index (χ0n) is 6.93. The molecule has 0 atom stereocenters. The fourth-order valence-electron chi connectivity index (χ4n) is 0.291. The third kappa shape index (κ3) is 24.6. The summed E-state index contributed by atoms with van der Waals surface area (Å²) in [6.07, 6.45) is 0. The Hall–Kier alpha value is -0.490. The average Bonchev–Trinajstić information content (AvgIpc) is 2.07. The third-order valence-electron chi connectivity index (χ3n) is 0.543. The van der Waals surface area contributed by atoms with E-state index in [0.717, 1.165) is 5.00 Å². The summed E-state index contributed by atoms with van der Waals surface area (Å²) in [5, 5.41) is 2.84. The van der Waals surface area contributed by atoms with Gasteiger partial charge in [0.25, 0.3) is 0 Å². The Kier molecular flexibility index (Phi) is 2.64. The van der Waals surface area contributed by atoms with E-state index in [1.165, 1.54) is 0 Å². The Balaban J connectivity index is 0. The van der Waals surface area contributed by atoms with E-state index in [9.17, 15) is 25.2 Å². The molecule has 0 aromatic carbocycles. The molecule has 0 spiro atoms. The molecule has 0 aliphatic rings. The Morgan fingerprint density at radius 3 is 1.62 bits per heavy atom. The van der Waals surface area contributed by atoms with Crippen molar-refractivity contribution in [1.82, 2.24) is 0 Å². The molecule has 0 fully saturated rings. The van der Waals surface area contributed by atoms with Crippen molar-refractivity contribution in [3.63, 3.8) is 0 Å². The van der Waals surface area contributed by atoms with Crippen LogP contribution in [0, 0.1) is 0 Å². The van der Waals surface area contributed by atoms with Crippen LogP contribution in [0.2, 0.25) is 0 Å².